The van der Waals surface area contributed by atoms with E-state index in [0.29, 0.717) is 18.4 Å². The number of rotatable bonds is 7. The molecule has 0 N–H and O–H groups in total. The molecule has 7 heteroatoms. The van der Waals surface area contributed by atoms with E-state index in [1.54, 1.807) is 16.4 Å². The van der Waals surface area contributed by atoms with E-state index in [-0.39, 0.29) is 0 Å². The van der Waals surface area contributed by atoms with Crippen molar-refractivity contribution in [3.63, 3.8) is 0 Å². The van der Waals surface area contributed by atoms with E-state index in [0.717, 1.165) is 23.9 Å². The molecule has 1 aliphatic carbocycles. The van der Waals surface area contributed by atoms with Gasteiger partial charge in [0.1, 0.15) is 0 Å². The predicted octanol–water partition coefficient (Wildman–Crippen LogP) is 3.04. The number of amides is 1. The van der Waals surface area contributed by atoms with E-state index in [2.05, 4.69) is 27.3 Å². The Kier molecular flexibility index (Phi) is 7.85. The lowest BCUT2D eigenvalue weighted by Crippen LogP contribution is -2.40. The fraction of sp³-hybridized carbons (Fsp3) is 0.875. The summed E-state index contributed by atoms with van der Waals surface area (Å²) in [5.41, 5.74) is 0. The normalized spacial score (nSPS) is 16.8. The maximum atomic E-state index is 12.6. The molecular weight excluding hydrogens is 310 g/mol. The highest BCUT2D eigenvalue weighted by molar-refractivity contribution is 7.99. The first kappa shape index (κ1) is 18.2. The highest BCUT2D eigenvalue weighted by Gasteiger charge is 2.22. The molecule has 1 amide bonds. The van der Waals surface area contributed by atoms with E-state index in [4.69, 9.17) is 0 Å². The van der Waals surface area contributed by atoms with Crippen molar-refractivity contribution in [2.75, 3.05) is 12.3 Å². The van der Waals surface area contributed by atoms with Crippen LogP contribution in [0.25, 0.3) is 0 Å². The zero-order chi connectivity index (χ0) is 16.5. The van der Waals surface area contributed by atoms with Crippen molar-refractivity contribution in [1.82, 2.24) is 25.1 Å². The average molecular weight is 340 g/mol. The second kappa shape index (κ2) is 9.90. The van der Waals surface area contributed by atoms with Crippen molar-refractivity contribution in [3.8, 4) is 0 Å². The number of aryl methyl sites for hydroxylation is 1. The van der Waals surface area contributed by atoms with Crippen LogP contribution in [0.1, 0.15) is 64.7 Å². The Bertz CT molecular complexity index is 471. The van der Waals surface area contributed by atoms with Gasteiger partial charge < -0.3 is 4.90 Å². The molecule has 0 spiro atoms. The molecule has 0 atom stereocenters. The molecule has 0 radical (unpaired) electrons. The van der Waals surface area contributed by atoms with Gasteiger partial charge in [0, 0.05) is 31.8 Å². The molecule has 1 aliphatic rings. The maximum Gasteiger partial charge on any atom is 0.222 e. The zero-order valence-corrected chi connectivity index (χ0v) is 15.2. The van der Waals surface area contributed by atoms with Crippen molar-refractivity contribution in [2.45, 2.75) is 75.9 Å². The molecule has 2 rings (SSSR count). The molecule has 1 heterocycles. The summed E-state index contributed by atoms with van der Waals surface area (Å²) in [5, 5.41) is 12.2. The Balaban J connectivity index is 1.74. The Labute approximate surface area is 143 Å². The molecule has 1 saturated carbocycles. The lowest BCUT2D eigenvalue weighted by molar-refractivity contribution is -0.133. The third-order valence-corrected chi connectivity index (χ3v) is 5.62. The first-order valence-electron chi connectivity index (χ1n) is 8.87. The smallest absolute Gasteiger partial charge is 0.222 e. The van der Waals surface area contributed by atoms with Gasteiger partial charge in [-0.05, 0) is 36.6 Å². The summed E-state index contributed by atoms with van der Waals surface area (Å²) in [4.78, 5) is 14.7. The van der Waals surface area contributed by atoms with Crippen LogP contribution in [0.5, 0.6) is 0 Å². The standard InChI is InChI=1S/C16H29N5OS/c1-3-21(14-10-7-5-4-6-8-11-14)15(22)12-9-13-23-16-17-18-19-20(16)2/h14H,3-13H2,1-2H3. The van der Waals surface area contributed by atoms with Crippen molar-refractivity contribution >= 4 is 17.7 Å². The van der Waals surface area contributed by atoms with Gasteiger partial charge >= 0.3 is 0 Å². The third kappa shape index (κ3) is 5.79. The van der Waals surface area contributed by atoms with Crippen LogP contribution in [0, 0.1) is 0 Å². The minimum absolute atomic E-state index is 0.315. The fourth-order valence-electron chi connectivity index (χ4n) is 3.26. The topological polar surface area (TPSA) is 63.9 Å². The highest BCUT2D eigenvalue weighted by atomic mass is 32.2. The van der Waals surface area contributed by atoms with Crippen LogP contribution < -0.4 is 0 Å². The average Bonchev–Trinajstić information content (AvgIpc) is 2.91. The fourth-order valence-corrected chi connectivity index (χ4v) is 4.05. The minimum Gasteiger partial charge on any atom is -0.340 e. The second-order valence-corrected chi connectivity index (χ2v) is 7.28. The highest BCUT2D eigenvalue weighted by Crippen LogP contribution is 2.22. The van der Waals surface area contributed by atoms with Crippen LogP contribution in [0.2, 0.25) is 0 Å². The van der Waals surface area contributed by atoms with Gasteiger partial charge in [0.15, 0.2) is 0 Å². The number of hydrogen-bond donors (Lipinski definition) is 0. The number of nitrogens with zero attached hydrogens (tertiary/aromatic N) is 5. The number of hydrogen-bond acceptors (Lipinski definition) is 5. The van der Waals surface area contributed by atoms with Crippen LogP contribution in [0.4, 0.5) is 0 Å². The number of carbonyl (C=O) groups is 1. The zero-order valence-electron chi connectivity index (χ0n) is 14.4. The van der Waals surface area contributed by atoms with Crippen LogP contribution in [0.3, 0.4) is 0 Å². The van der Waals surface area contributed by atoms with Crippen molar-refractivity contribution in [2.24, 2.45) is 7.05 Å². The SMILES string of the molecule is CCN(C(=O)CCCSc1nnnn1C)C1CCCCCCC1. The molecule has 23 heavy (non-hydrogen) atoms. The maximum absolute atomic E-state index is 12.6. The van der Waals surface area contributed by atoms with Crippen LogP contribution in [-0.4, -0.2) is 49.4 Å². The lowest BCUT2D eigenvalue weighted by Gasteiger charge is -2.32. The molecule has 6 nitrogen and oxygen atoms in total. The van der Waals surface area contributed by atoms with Gasteiger partial charge in [-0.25, -0.2) is 4.68 Å². The molecule has 0 aromatic carbocycles. The summed E-state index contributed by atoms with van der Waals surface area (Å²) in [6.07, 6.45) is 10.4. The van der Waals surface area contributed by atoms with Crippen molar-refractivity contribution < 1.29 is 4.79 Å². The van der Waals surface area contributed by atoms with Crippen molar-refractivity contribution in [1.29, 1.82) is 0 Å². The van der Waals surface area contributed by atoms with Gasteiger partial charge in [-0.2, -0.15) is 0 Å². The lowest BCUT2D eigenvalue weighted by atomic mass is 9.95. The Hall–Kier alpha value is -1.11. The summed E-state index contributed by atoms with van der Waals surface area (Å²) in [7, 11) is 1.83. The van der Waals surface area contributed by atoms with Crippen LogP contribution >= 0.6 is 11.8 Å². The van der Waals surface area contributed by atoms with Gasteiger partial charge in [-0.15, -0.1) is 5.10 Å². The molecule has 0 unspecified atom stereocenters. The first-order chi connectivity index (χ1) is 11.2. The van der Waals surface area contributed by atoms with Gasteiger partial charge in [0.25, 0.3) is 0 Å². The summed E-state index contributed by atoms with van der Waals surface area (Å²) >= 11 is 1.61. The quantitative estimate of drug-likeness (QED) is 0.564. The molecule has 0 saturated heterocycles. The van der Waals surface area contributed by atoms with E-state index < -0.39 is 0 Å². The largest absolute Gasteiger partial charge is 0.340 e. The number of carbonyl (C=O) groups excluding carboxylic acids is 1. The van der Waals surface area contributed by atoms with Gasteiger partial charge in [0.2, 0.25) is 11.1 Å². The molecule has 0 aliphatic heterocycles. The summed E-state index contributed by atoms with van der Waals surface area (Å²) in [6.45, 7) is 2.94. The van der Waals surface area contributed by atoms with Crippen molar-refractivity contribution in [3.05, 3.63) is 0 Å². The minimum atomic E-state index is 0.315. The van der Waals surface area contributed by atoms with E-state index in [1.807, 2.05) is 7.05 Å². The second-order valence-electron chi connectivity index (χ2n) is 6.22. The molecule has 0 bridgehead atoms. The first-order valence-corrected chi connectivity index (χ1v) is 9.85. The molecule has 130 valence electrons. The third-order valence-electron chi connectivity index (χ3n) is 4.52. The van der Waals surface area contributed by atoms with Gasteiger partial charge in [-0.1, -0.05) is 43.9 Å². The summed E-state index contributed by atoms with van der Waals surface area (Å²) in [5.74, 6) is 1.19. The van der Waals surface area contributed by atoms with Gasteiger partial charge in [0.05, 0.1) is 0 Å². The number of tetrazole rings is 1. The predicted molar refractivity (Wildman–Crippen MR) is 92.3 cm³/mol. The Morgan fingerprint density at radius 1 is 1.26 bits per heavy atom. The summed E-state index contributed by atoms with van der Waals surface area (Å²) < 4.78 is 1.67. The van der Waals surface area contributed by atoms with Gasteiger partial charge in [-0.3, -0.25) is 4.79 Å². The van der Waals surface area contributed by atoms with Crippen LogP contribution in [0.15, 0.2) is 5.16 Å². The molecule has 1 aromatic rings. The van der Waals surface area contributed by atoms with Crippen LogP contribution in [-0.2, 0) is 11.8 Å². The van der Waals surface area contributed by atoms with E-state index in [1.165, 1.54) is 44.9 Å². The Morgan fingerprint density at radius 3 is 2.57 bits per heavy atom. The molecular formula is C16H29N5OS. The monoisotopic (exact) mass is 339 g/mol. The van der Waals surface area contributed by atoms with E-state index >= 15 is 0 Å². The number of thioether (sulfide) groups is 1. The Morgan fingerprint density at radius 2 is 1.96 bits per heavy atom. The summed E-state index contributed by atoms with van der Waals surface area (Å²) in [6, 6.07) is 0.461. The number of aromatic nitrogens is 4. The molecule has 1 fully saturated rings. The molecule has 1 aromatic heterocycles. The van der Waals surface area contributed by atoms with E-state index in [9.17, 15) is 4.79 Å².